The molecule has 11 aromatic rings. The van der Waals surface area contributed by atoms with Gasteiger partial charge in [-0.1, -0.05) is 164 Å². The molecule has 0 radical (unpaired) electrons. The molecule has 3 heterocycles. The molecular weight excluding hydrogens is 709 g/mol. The van der Waals surface area contributed by atoms with Gasteiger partial charge in [0.1, 0.15) is 0 Å². The van der Waals surface area contributed by atoms with E-state index in [0.29, 0.717) is 11.7 Å². The fourth-order valence-electron chi connectivity index (χ4n) is 8.06. The number of hydrogen-bond donors (Lipinski definition) is 0. The maximum atomic E-state index is 6.35. The summed E-state index contributed by atoms with van der Waals surface area (Å²) in [5.41, 5.74) is 17.2. The molecule has 8 aromatic carbocycles. The Bertz CT molecular complexity index is 3130. The summed E-state index contributed by atoms with van der Waals surface area (Å²) in [6, 6.07) is 71.9. The van der Waals surface area contributed by atoms with E-state index in [4.69, 9.17) is 19.4 Å². The number of hydrogen-bond acceptors (Lipinski definition) is 4. The van der Waals surface area contributed by atoms with Crippen molar-refractivity contribution in [3.8, 4) is 78.4 Å². The highest BCUT2D eigenvalue weighted by molar-refractivity contribution is 6.00. The van der Waals surface area contributed by atoms with Crippen LogP contribution in [0, 0.1) is 0 Å². The SMILES string of the molecule is c1ccc(-c2ccc3oc4nc5ccc(-c6c(-c7ccccc7)cc(-c7cc(-c8ccccc8)nc(-c8ccccc8)n7)cc6-c6ccccc6)cc5n4c3c2)cc1. The van der Waals surface area contributed by atoms with Gasteiger partial charge < -0.3 is 4.42 Å². The zero-order chi connectivity index (χ0) is 38.4. The quantitative estimate of drug-likeness (QED) is 0.163. The van der Waals surface area contributed by atoms with Crippen LogP contribution in [0.3, 0.4) is 0 Å². The summed E-state index contributed by atoms with van der Waals surface area (Å²) in [5, 5.41) is 0. The highest BCUT2D eigenvalue weighted by atomic mass is 16.4. The Labute approximate surface area is 335 Å². The molecule has 0 aliphatic heterocycles. The Hall–Kier alpha value is -7.89. The zero-order valence-corrected chi connectivity index (χ0v) is 31.3. The topological polar surface area (TPSA) is 56.2 Å². The zero-order valence-electron chi connectivity index (χ0n) is 31.3. The van der Waals surface area contributed by atoms with E-state index in [0.717, 1.165) is 94.7 Å². The average Bonchev–Trinajstić information content (AvgIpc) is 3.85. The van der Waals surface area contributed by atoms with E-state index in [1.807, 2.05) is 36.4 Å². The molecule has 5 heteroatoms. The molecule has 0 bridgehead atoms. The molecule has 3 aromatic heterocycles. The van der Waals surface area contributed by atoms with Gasteiger partial charge in [-0.25, -0.2) is 9.97 Å². The maximum absolute atomic E-state index is 6.35. The van der Waals surface area contributed by atoms with Crippen LogP contribution < -0.4 is 0 Å². The molecule has 0 atom stereocenters. The predicted molar refractivity (Wildman–Crippen MR) is 236 cm³/mol. The van der Waals surface area contributed by atoms with Crippen LogP contribution in [0.25, 0.3) is 106 Å². The van der Waals surface area contributed by atoms with Crippen LogP contribution >= 0.6 is 0 Å². The van der Waals surface area contributed by atoms with Crippen LogP contribution in [-0.2, 0) is 0 Å². The fourth-order valence-corrected chi connectivity index (χ4v) is 8.06. The second-order valence-corrected chi connectivity index (χ2v) is 14.5. The first-order valence-corrected chi connectivity index (χ1v) is 19.4. The first kappa shape index (κ1) is 33.4. The van der Waals surface area contributed by atoms with E-state index in [2.05, 4.69) is 174 Å². The van der Waals surface area contributed by atoms with Crippen LogP contribution in [0.15, 0.2) is 211 Å². The van der Waals surface area contributed by atoms with Crippen molar-refractivity contribution < 1.29 is 4.42 Å². The Kier molecular flexibility index (Phi) is 8.07. The number of benzene rings is 8. The minimum atomic E-state index is 0.571. The van der Waals surface area contributed by atoms with Gasteiger partial charge in [0.25, 0.3) is 0 Å². The lowest BCUT2D eigenvalue weighted by Crippen LogP contribution is -1.98. The van der Waals surface area contributed by atoms with Crippen LogP contribution in [-0.4, -0.2) is 19.4 Å². The van der Waals surface area contributed by atoms with E-state index in [-0.39, 0.29) is 0 Å². The van der Waals surface area contributed by atoms with Crippen molar-refractivity contribution in [1.82, 2.24) is 19.4 Å². The van der Waals surface area contributed by atoms with Gasteiger partial charge in [-0.2, -0.15) is 4.98 Å². The van der Waals surface area contributed by atoms with Crippen molar-refractivity contribution in [2.75, 3.05) is 0 Å². The van der Waals surface area contributed by atoms with Crippen molar-refractivity contribution >= 4 is 28.0 Å². The Morgan fingerprint density at radius 1 is 0.345 bits per heavy atom. The summed E-state index contributed by atoms with van der Waals surface area (Å²) in [6.07, 6.45) is 0. The molecule has 0 unspecified atom stereocenters. The highest BCUT2D eigenvalue weighted by Crippen LogP contribution is 2.44. The van der Waals surface area contributed by atoms with Gasteiger partial charge in [0.2, 0.25) is 0 Å². The molecule has 0 saturated heterocycles. The number of nitrogens with zero attached hydrogens (tertiary/aromatic N) is 4. The number of aromatic nitrogens is 4. The van der Waals surface area contributed by atoms with Crippen molar-refractivity contribution in [2.45, 2.75) is 0 Å². The van der Waals surface area contributed by atoms with Crippen LogP contribution in [0.1, 0.15) is 0 Å². The van der Waals surface area contributed by atoms with Crippen molar-refractivity contribution in [3.63, 3.8) is 0 Å². The molecule has 0 amide bonds. The smallest absolute Gasteiger partial charge is 0.307 e. The average molecular weight is 743 g/mol. The molecule has 0 fully saturated rings. The van der Waals surface area contributed by atoms with Crippen LogP contribution in [0.4, 0.5) is 0 Å². The molecule has 0 saturated carbocycles. The van der Waals surface area contributed by atoms with Gasteiger partial charge >= 0.3 is 5.84 Å². The van der Waals surface area contributed by atoms with Gasteiger partial charge in [-0.3, -0.25) is 4.40 Å². The minimum Gasteiger partial charge on any atom is -0.423 e. The molecule has 0 aliphatic carbocycles. The largest absolute Gasteiger partial charge is 0.423 e. The van der Waals surface area contributed by atoms with Crippen LogP contribution in [0.5, 0.6) is 0 Å². The molecular formula is C53H34N4O. The lowest BCUT2D eigenvalue weighted by atomic mass is 9.85. The third-order valence-electron chi connectivity index (χ3n) is 10.9. The van der Waals surface area contributed by atoms with Crippen LogP contribution in [0.2, 0.25) is 0 Å². The van der Waals surface area contributed by atoms with Crippen molar-refractivity contribution in [2.24, 2.45) is 0 Å². The second-order valence-electron chi connectivity index (χ2n) is 14.5. The molecule has 272 valence electrons. The lowest BCUT2D eigenvalue weighted by Gasteiger charge is -2.19. The normalized spacial score (nSPS) is 11.4. The summed E-state index contributed by atoms with van der Waals surface area (Å²) in [5.74, 6) is 1.25. The lowest BCUT2D eigenvalue weighted by molar-refractivity contribution is 0.643. The number of fused-ring (bicyclic) bond motifs is 5. The fraction of sp³-hybridized carbons (Fsp3) is 0. The van der Waals surface area contributed by atoms with E-state index in [9.17, 15) is 0 Å². The summed E-state index contributed by atoms with van der Waals surface area (Å²) >= 11 is 0. The summed E-state index contributed by atoms with van der Waals surface area (Å²) in [4.78, 5) is 15.3. The molecule has 0 N–H and O–H groups in total. The number of oxazole rings is 1. The molecule has 58 heavy (non-hydrogen) atoms. The molecule has 11 rings (SSSR count). The highest BCUT2D eigenvalue weighted by Gasteiger charge is 2.21. The van der Waals surface area contributed by atoms with E-state index in [1.165, 1.54) is 0 Å². The monoisotopic (exact) mass is 742 g/mol. The molecule has 0 spiro atoms. The number of imidazole rings is 1. The van der Waals surface area contributed by atoms with Crippen molar-refractivity contribution in [1.29, 1.82) is 0 Å². The Balaban J connectivity index is 1.17. The van der Waals surface area contributed by atoms with Gasteiger partial charge in [-0.15, -0.1) is 0 Å². The van der Waals surface area contributed by atoms with Crippen molar-refractivity contribution in [3.05, 3.63) is 206 Å². The van der Waals surface area contributed by atoms with Gasteiger partial charge in [-0.05, 0) is 87.0 Å². The predicted octanol–water partition coefficient (Wildman–Crippen LogP) is 13.7. The van der Waals surface area contributed by atoms with E-state index >= 15 is 0 Å². The van der Waals surface area contributed by atoms with E-state index in [1.54, 1.807) is 0 Å². The summed E-state index contributed by atoms with van der Waals surface area (Å²) in [7, 11) is 0. The number of rotatable bonds is 7. The second kappa shape index (κ2) is 14.0. The molecule has 5 nitrogen and oxygen atoms in total. The van der Waals surface area contributed by atoms with Gasteiger partial charge in [0.15, 0.2) is 11.4 Å². The maximum Gasteiger partial charge on any atom is 0.307 e. The van der Waals surface area contributed by atoms with Gasteiger partial charge in [0.05, 0.1) is 27.9 Å². The van der Waals surface area contributed by atoms with E-state index < -0.39 is 0 Å². The third-order valence-corrected chi connectivity index (χ3v) is 10.9. The standard InChI is InChI=1S/C53H34N4O/c1-6-16-35(17-7-1)40-27-29-50-49(32-40)57-48-33-41(26-28-45(48)56-53(57)58-50)51-43(36-18-8-2-9-19-36)30-42(31-44(51)37-20-10-3-11-21-37)47-34-46(38-22-12-4-13-23-38)54-52(55-47)39-24-14-5-15-25-39/h1-34H. The first-order chi connectivity index (χ1) is 28.7. The first-order valence-electron chi connectivity index (χ1n) is 19.4. The molecule has 0 aliphatic rings. The Morgan fingerprint density at radius 3 is 1.45 bits per heavy atom. The summed E-state index contributed by atoms with van der Waals surface area (Å²) < 4.78 is 8.50. The summed E-state index contributed by atoms with van der Waals surface area (Å²) in [6.45, 7) is 0. The minimum absolute atomic E-state index is 0.571. The Morgan fingerprint density at radius 2 is 0.845 bits per heavy atom. The van der Waals surface area contributed by atoms with Gasteiger partial charge in [0, 0.05) is 16.7 Å². The third kappa shape index (κ3) is 5.94.